The van der Waals surface area contributed by atoms with Gasteiger partial charge in [-0.3, -0.25) is 0 Å². The van der Waals surface area contributed by atoms with Gasteiger partial charge in [-0.05, 0) is 6.04 Å². The quantitative estimate of drug-likeness (QED) is 0.718. The van der Waals surface area contributed by atoms with E-state index >= 15 is 0 Å². The molecule has 0 bridgehead atoms. The van der Waals surface area contributed by atoms with Crippen molar-refractivity contribution in [2.45, 2.75) is 38.3 Å². The molecule has 0 amide bonds. The van der Waals surface area contributed by atoms with E-state index in [2.05, 4.69) is 47.4 Å². The fourth-order valence-electron chi connectivity index (χ4n) is 2.50. The summed E-state index contributed by atoms with van der Waals surface area (Å²) in [6.45, 7) is 10.0. The third-order valence-corrected chi connectivity index (χ3v) is 10.7. The van der Waals surface area contributed by atoms with E-state index in [1.165, 1.54) is 24.1 Å². The number of anilines is 1. The first-order chi connectivity index (χ1) is 7.32. The Bertz CT molecular complexity index is 384. The smallest absolute Gasteiger partial charge is 0.151 e. The van der Waals surface area contributed by atoms with Crippen LogP contribution in [-0.2, 0) is 7.05 Å². The van der Waals surface area contributed by atoms with Crippen LogP contribution < -0.4 is 4.57 Å². The lowest BCUT2D eigenvalue weighted by atomic mass is 10.7. The van der Waals surface area contributed by atoms with Crippen LogP contribution in [-0.4, -0.2) is 32.0 Å². The van der Waals surface area contributed by atoms with Gasteiger partial charge in [0.25, 0.3) is 0 Å². The van der Waals surface area contributed by atoms with Gasteiger partial charge in [-0.25, -0.2) is 4.98 Å². The summed E-state index contributed by atoms with van der Waals surface area (Å²) in [5, 5.41) is 0. The highest BCUT2D eigenvalue weighted by Crippen LogP contribution is 2.34. The van der Waals surface area contributed by atoms with Gasteiger partial charge < -0.3 is 9.13 Å². The zero-order valence-corrected chi connectivity index (χ0v) is 13.1. The molecular formula is C11H23N3Si2. The minimum Gasteiger partial charge on any atom is -0.386 e. The van der Waals surface area contributed by atoms with E-state index in [1.54, 1.807) is 0 Å². The van der Waals surface area contributed by atoms with Gasteiger partial charge in [-0.2, -0.15) is 0 Å². The maximum absolute atomic E-state index is 4.27. The SMILES string of the molecule is Cn1cncc1N1C[Si](C)(C)CC[Si]1(C)C. The zero-order chi connectivity index (χ0) is 12.0. The summed E-state index contributed by atoms with van der Waals surface area (Å²) < 4.78 is 4.88. The third-order valence-electron chi connectivity index (χ3n) is 3.80. The van der Waals surface area contributed by atoms with Crippen molar-refractivity contribution in [1.29, 1.82) is 0 Å². The highest BCUT2D eigenvalue weighted by Gasteiger charge is 2.41. The lowest BCUT2D eigenvalue weighted by Crippen LogP contribution is -2.61. The number of imidazole rings is 1. The Kier molecular flexibility index (Phi) is 2.78. The number of aromatic nitrogens is 2. The van der Waals surface area contributed by atoms with Crippen molar-refractivity contribution in [3.63, 3.8) is 0 Å². The molecule has 0 radical (unpaired) electrons. The molecule has 2 heterocycles. The summed E-state index contributed by atoms with van der Waals surface area (Å²) >= 11 is 0. The summed E-state index contributed by atoms with van der Waals surface area (Å²) in [5.41, 5.74) is 0. The molecule has 1 aromatic heterocycles. The van der Waals surface area contributed by atoms with Crippen LogP contribution in [0.1, 0.15) is 0 Å². The number of hydrogen-bond donors (Lipinski definition) is 0. The molecule has 2 rings (SSSR count). The molecule has 90 valence electrons. The average molecular weight is 253 g/mol. The normalized spacial score (nSPS) is 23.4. The van der Waals surface area contributed by atoms with Crippen LogP contribution in [0, 0.1) is 0 Å². The largest absolute Gasteiger partial charge is 0.386 e. The Morgan fingerprint density at radius 1 is 1.19 bits per heavy atom. The van der Waals surface area contributed by atoms with Crippen LogP contribution in [0.5, 0.6) is 0 Å². The fourth-order valence-corrected chi connectivity index (χ4v) is 12.9. The second-order valence-electron chi connectivity index (χ2n) is 6.43. The fraction of sp³-hybridized carbons (Fsp3) is 0.727. The van der Waals surface area contributed by atoms with Crippen molar-refractivity contribution in [2.24, 2.45) is 7.05 Å². The third kappa shape index (κ3) is 2.11. The topological polar surface area (TPSA) is 21.1 Å². The van der Waals surface area contributed by atoms with Gasteiger partial charge in [0.15, 0.2) is 8.24 Å². The van der Waals surface area contributed by atoms with E-state index in [1.807, 2.05) is 12.5 Å². The number of nitrogens with zero attached hydrogens (tertiary/aromatic N) is 3. The van der Waals surface area contributed by atoms with E-state index in [0.717, 1.165) is 0 Å². The Morgan fingerprint density at radius 3 is 2.44 bits per heavy atom. The van der Waals surface area contributed by atoms with Crippen molar-refractivity contribution in [3.8, 4) is 0 Å². The zero-order valence-electron chi connectivity index (χ0n) is 11.1. The predicted octanol–water partition coefficient (Wildman–Crippen LogP) is 2.69. The molecule has 0 saturated carbocycles. The van der Waals surface area contributed by atoms with Crippen molar-refractivity contribution in [3.05, 3.63) is 12.5 Å². The molecule has 0 aliphatic carbocycles. The van der Waals surface area contributed by atoms with Gasteiger partial charge in [0.2, 0.25) is 0 Å². The lowest BCUT2D eigenvalue weighted by Gasteiger charge is -2.48. The number of rotatable bonds is 1. The van der Waals surface area contributed by atoms with E-state index in [9.17, 15) is 0 Å². The van der Waals surface area contributed by atoms with Gasteiger partial charge in [0.1, 0.15) is 5.82 Å². The Balaban J connectivity index is 2.33. The monoisotopic (exact) mass is 253 g/mol. The van der Waals surface area contributed by atoms with Gasteiger partial charge in [0.05, 0.1) is 20.6 Å². The van der Waals surface area contributed by atoms with E-state index in [-0.39, 0.29) is 0 Å². The summed E-state index contributed by atoms with van der Waals surface area (Å²) in [6.07, 6.45) is 5.26. The van der Waals surface area contributed by atoms with E-state index in [0.29, 0.717) is 0 Å². The Labute approximate surface area is 101 Å². The molecule has 16 heavy (non-hydrogen) atoms. The molecule has 1 aliphatic heterocycles. The van der Waals surface area contributed by atoms with Crippen LogP contribution in [0.25, 0.3) is 0 Å². The summed E-state index contributed by atoms with van der Waals surface area (Å²) in [7, 11) is -0.132. The molecule has 0 spiro atoms. The second-order valence-corrected chi connectivity index (χ2v) is 16.2. The molecule has 0 aromatic carbocycles. The molecule has 1 aromatic rings. The van der Waals surface area contributed by atoms with E-state index in [4.69, 9.17) is 0 Å². The van der Waals surface area contributed by atoms with E-state index < -0.39 is 16.3 Å². The van der Waals surface area contributed by atoms with Crippen LogP contribution in [0.2, 0.25) is 38.3 Å². The first kappa shape index (κ1) is 11.9. The summed E-state index contributed by atoms with van der Waals surface area (Å²) in [4.78, 5) is 4.27. The summed E-state index contributed by atoms with van der Waals surface area (Å²) in [5.74, 6) is 1.33. The summed E-state index contributed by atoms with van der Waals surface area (Å²) in [6, 6.07) is 2.94. The molecule has 1 aliphatic rings. The molecular weight excluding hydrogens is 230 g/mol. The standard InChI is InChI=1S/C11H23N3Si2/c1-13-9-12-8-11(13)14-10-15(2,3)6-7-16(14,4)5/h8-9H,6-7,10H2,1-5H3. The van der Waals surface area contributed by atoms with Gasteiger partial charge in [0, 0.05) is 13.2 Å². The van der Waals surface area contributed by atoms with Gasteiger partial charge >= 0.3 is 0 Å². The lowest BCUT2D eigenvalue weighted by molar-refractivity contribution is 0.879. The van der Waals surface area contributed by atoms with Crippen molar-refractivity contribution in [1.82, 2.24) is 9.55 Å². The maximum Gasteiger partial charge on any atom is 0.151 e. The maximum atomic E-state index is 4.27. The number of hydrogen-bond acceptors (Lipinski definition) is 2. The molecule has 5 heteroatoms. The average Bonchev–Trinajstić information content (AvgIpc) is 2.57. The molecule has 0 N–H and O–H groups in total. The molecule has 1 saturated heterocycles. The van der Waals surface area contributed by atoms with Crippen LogP contribution in [0.3, 0.4) is 0 Å². The molecule has 0 atom stereocenters. The van der Waals surface area contributed by atoms with Gasteiger partial charge in [-0.15, -0.1) is 0 Å². The Morgan fingerprint density at radius 2 is 1.88 bits per heavy atom. The highest BCUT2D eigenvalue weighted by atomic mass is 28.3. The first-order valence-corrected chi connectivity index (χ1v) is 12.6. The molecule has 3 nitrogen and oxygen atoms in total. The van der Waals surface area contributed by atoms with Crippen molar-refractivity contribution in [2.75, 3.05) is 10.7 Å². The van der Waals surface area contributed by atoms with Crippen molar-refractivity contribution >= 4 is 22.1 Å². The minimum absolute atomic E-state index is 1.00. The van der Waals surface area contributed by atoms with Crippen LogP contribution >= 0.6 is 0 Å². The van der Waals surface area contributed by atoms with Crippen molar-refractivity contribution < 1.29 is 0 Å². The van der Waals surface area contributed by atoms with Gasteiger partial charge in [-0.1, -0.05) is 32.2 Å². The molecule has 1 fully saturated rings. The molecule has 0 unspecified atom stereocenters. The van der Waals surface area contributed by atoms with Crippen LogP contribution in [0.15, 0.2) is 12.5 Å². The van der Waals surface area contributed by atoms with Crippen LogP contribution in [0.4, 0.5) is 5.82 Å². The highest BCUT2D eigenvalue weighted by molar-refractivity contribution is 6.89. The Hall–Kier alpha value is -0.556. The number of aryl methyl sites for hydroxylation is 1. The second kappa shape index (κ2) is 3.73. The minimum atomic E-state index is -1.24. The predicted molar refractivity (Wildman–Crippen MR) is 75.1 cm³/mol. The first-order valence-electron chi connectivity index (χ1n) is 6.06.